The number of amides is 2. The summed E-state index contributed by atoms with van der Waals surface area (Å²) < 4.78 is 21.8. The molecule has 0 unspecified atom stereocenters. The summed E-state index contributed by atoms with van der Waals surface area (Å²) >= 11 is 0. The Morgan fingerprint density at radius 2 is 0.830 bits per heavy atom. The average Bonchev–Trinajstić information content (AvgIpc) is 3.08. The van der Waals surface area contributed by atoms with E-state index in [0.29, 0.717) is 72.0 Å². The first-order valence-corrected chi connectivity index (χ1v) is 15.4. The van der Waals surface area contributed by atoms with Gasteiger partial charge in [0.25, 0.3) is 11.8 Å². The topological polar surface area (TPSA) is 169 Å². The Labute approximate surface area is 347 Å². The zero-order valence-electron chi connectivity index (χ0n) is 30.2. The molecule has 280 valence electrons. The maximum absolute atomic E-state index is 12.4. The number of aryl methyl sites for hydroxylation is 2. The molecule has 2 amide bonds. The minimum Gasteiger partial charge on any atom is -1.00 e. The van der Waals surface area contributed by atoms with Crippen LogP contribution in [0.25, 0.3) is 11.1 Å². The molecule has 0 atom stereocenters. The van der Waals surface area contributed by atoms with Crippen LogP contribution in [0.5, 0.6) is 0 Å². The molecule has 0 spiro atoms. The Morgan fingerprint density at radius 1 is 0.547 bits per heavy atom. The standard InChI is InChI=1S/2C18H19N3O3.4ClH.Zn/c2*1-4-23-16-11-15(21-19)17(24-5-2)10-14(16)20-18(22)13-8-6-12(3)7-9-13;;;;;/h2*6-11H,4-5H2,1-3H3;4*1H;/q;;;;;;+2/p-2. The third-order valence-corrected chi connectivity index (χ3v) is 6.54. The number of rotatable bonds is 10. The smallest absolute Gasteiger partial charge is 1.00 e. The third kappa shape index (κ3) is 15.8. The van der Waals surface area contributed by atoms with Crippen molar-refractivity contribution in [3.05, 3.63) is 129 Å². The normalized spacial score (nSPS) is 14.0. The Morgan fingerprint density at radius 3 is 1.09 bits per heavy atom. The Hall–Kier alpha value is -4.18. The van der Waals surface area contributed by atoms with E-state index in [0.717, 1.165) is 11.1 Å². The van der Waals surface area contributed by atoms with Crippen LogP contribution in [-0.4, -0.2) is 70.7 Å². The van der Waals surface area contributed by atoms with Crippen LogP contribution in [0.2, 0.25) is 0 Å². The summed E-state index contributed by atoms with van der Waals surface area (Å²) in [5, 5.41) is 0. The molecule has 0 saturated heterocycles. The Balaban J connectivity index is -0.000000862. The van der Waals surface area contributed by atoms with Gasteiger partial charge >= 0.3 is 30.9 Å². The molecule has 53 heavy (non-hydrogen) atoms. The van der Waals surface area contributed by atoms with Gasteiger partial charge in [0.2, 0.25) is 11.5 Å². The first-order chi connectivity index (χ1) is 23.2. The molecule has 0 fully saturated rings. The fourth-order valence-corrected chi connectivity index (χ4v) is 4.23. The molecule has 0 aliphatic heterocycles. The number of ether oxygens (including phenoxy) is 4. The van der Waals surface area contributed by atoms with Gasteiger partial charge < -0.3 is 54.8 Å². The van der Waals surface area contributed by atoms with Crippen LogP contribution in [0.1, 0.15) is 59.5 Å². The number of hydrogen-bond acceptors (Lipinski definition) is 6. The van der Waals surface area contributed by atoms with Crippen molar-refractivity contribution in [3.8, 4) is 0 Å². The molecule has 0 N–H and O–H groups in total. The van der Waals surface area contributed by atoms with Crippen LogP contribution in [0.3, 0.4) is 0 Å². The number of hydrogen-bond donors (Lipinski definition) is 0. The summed E-state index contributed by atoms with van der Waals surface area (Å²) in [4.78, 5) is 39.4. The molecular weight excluding hydrogens is 820 g/mol. The van der Waals surface area contributed by atoms with Crippen LogP contribution < -0.4 is 24.8 Å². The number of carbonyl (C=O) groups is 2. The van der Waals surface area contributed by atoms with Gasteiger partial charge in [-0.3, -0.25) is 9.59 Å². The van der Waals surface area contributed by atoms with E-state index in [9.17, 15) is 9.59 Å². The van der Waals surface area contributed by atoms with E-state index in [4.69, 9.17) is 30.0 Å². The van der Waals surface area contributed by atoms with Crippen molar-refractivity contribution in [2.75, 3.05) is 26.4 Å². The number of halogens is 4. The number of benzene rings is 2. The van der Waals surface area contributed by atoms with Crippen LogP contribution in [-0.2, 0) is 38.4 Å². The molecule has 0 bridgehead atoms. The zero-order chi connectivity index (χ0) is 35.1. The minimum absolute atomic E-state index is 0. The van der Waals surface area contributed by atoms with Crippen LogP contribution >= 0.6 is 24.8 Å². The van der Waals surface area contributed by atoms with E-state index in [1.165, 1.54) is 24.3 Å². The predicted molar refractivity (Wildman–Crippen MR) is 196 cm³/mol. The third-order valence-electron chi connectivity index (χ3n) is 6.54. The molecule has 0 heterocycles. The second kappa shape index (κ2) is 27.4. The van der Waals surface area contributed by atoms with Crippen molar-refractivity contribution in [1.29, 1.82) is 0 Å². The molecule has 0 radical (unpaired) electrons. The van der Waals surface area contributed by atoms with Crippen LogP contribution in [0.4, 0.5) is 0 Å². The fourth-order valence-electron chi connectivity index (χ4n) is 4.23. The summed E-state index contributed by atoms with van der Waals surface area (Å²) in [5.41, 5.74) is 22.4. The maximum Gasteiger partial charge on any atom is 2.00 e. The molecule has 2 aromatic rings. The molecular formula is C36H40Cl4N6O6Zn. The second-order valence-corrected chi connectivity index (χ2v) is 10.1. The van der Waals surface area contributed by atoms with Crippen molar-refractivity contribution in [2.45, 2.75) is 41.5 Å². The summed E-state index contributed by atoms with van der Waals surface area (Å²) in [6.07, 6.45) is 6.07. The molecule has 12 nitrogen and oxygen atoms in total. The molecule has 4 rings (SSSR count). The first-order valence-electron chi connectivity index (χ1n) is 15.4. The quantitative estimate of drug-likeness (QED) is 0.150. The van der Waals surface area contributed by atoms with Gasteiger partial charge in [-0.1, -0.05) is 35.4 Å². The first kappa shape index (κ1) is 53.2. The molecule has 0 saturated carbocycles. The van der Waals surface area contributed by atoms with Gasteiger partial charge in [0.05, 0.1) is 38.6 Å². The Kier molecular flexibility index (Phi) is 27.5. The van der Waals surface area contributed by atoms with Gasteiger partial charge in [0.15, 0.2) is 11.5 Å². The van der Waals surface area contributed by atoms with E-state index in [-0.39, 0.29) is 92.3 Å². The number of aliphatic imine (C=N–C) groups is 2. The summed E-state index contributed by atoms with van der Waals surface area (Å²) in [6.45, 7) is 12.7. The van der Waals surface area contributed by atoms with Crippen molar-refractivity contribution in [2.24, 2.45) is 9.98 Å². The van der Waals surface area contributed by atoms with Crippen molar-refractivity contribution in [3.63, 3.8) is 0 Å². The number of nitrogens with zero attached hydrogens (tertiary/aromatic N) is 6. The second-order valence-electron chi connectivity index (χ2n) is 10.1. The van der Waals surface area contributed by atoms with E-state index < -0.39 is 0 Å². The predicted octanol–water partition coefficient (Wildman–Crippen LogP) is 1.05. The SMILES string of the molecule is CCOC1=CC(=[N+]=[N-])C(OCC)=CC1=NC(=O)c1ccc(C)cc1.CCOC1=CC(=[N+]=[N-])C(OCC)=CC1=NC(=O)c1ccc(C)cc1.Cl.Cl.[Cl-].[Cl-].[Zn+2]. The maximum atomic E-state index is 12.4. The van der Waals surface area contributed by atoms with Crippen LogP contribution in [0.15, 0.2) is 106 Å². The van der Waals surface area contributed by atoms with E-state index in [1.807, 2.05) is 65.8 Å². The van der Waals surface area contributed by atoms with Gasteiger partial charge in [-0.25, -0.2) is 9.98 Å². The number of allylic oxidation sites excluding steroid dienone is 4. The fraction of sp³-hybridized carbons (Fsp3) is 0.278. The van der Waals surface area contributed by atoms with Crippen LogP contribution in [0, 0.1) is 13.8 Å². The monoisotopic (exact) mass is 856 g/mol. The van der Waals surface area contributed by atoms with Gasteiger partial charge in [-0.2, -0.15) is 9.58 Å². The average molecular weight is 860 g/mol. The van der Waals surface area contributed by atoms with Crippen molar-refractivity contribution < 1.29 is 82.4 Å². The molecule has 2 aromatic carbocycles. The van der Waals surface area contributed by atoms with Gasteiger partial charge in [-0.05, 0) is 65.8 Å². The van der Waals surface area contributed by atoms with Gasteiger partial charge in [-0.15, -0.1) is 24.8 Å². The van der Waals surface area contributed by atoms with E-state index in [1.54, 1.807) is 24.3 Å². The van der Waals surface area contributed by atoms with E-state index >= 15 is 0 Å². The minimum atomic E-state index is -0.382. The van der Waals surface area contributed by atoms with E-state index in [2.05, 4.69) is 19.6 Å². The Bertz CT molecular complexity index is 1700. The molecule has 17 heteroatoms. The largest absolute Gasteiger partial charge is 2.00 e. The van der Waals surface area contributed by atoms with Crippen molar-refractivity contribution in [1.82, 2.24) is 0 Å². The molecule has 2 aliphatic carbocycles. The summed E-state index contributed by atoms with van der Waals surface area (Å²) in [5.74, 6) is 0.612. The molecule has 0 aromatic heterocycles. The number of carbonyl (C=O) groups excluding carboxylic acids is 2. The summed E-state index contributed by atoms with van der Waals surface area (Å²) in [6, 6.07) is 14.3. The van der Waals surface area contributed by atoms with Crippen molar-refractivity contribution >= 4 is 59.5 Å². The zero-order valence-corrected chi connectivity index (χ0v) is 36.3. The summed E-state index contributed by atoms with van der Waals surface area (Å²) in [7, 11) is 0. The van der Waals surface area contributed by atoms with Gasteiger partial charge in [0, 0.05) is 23.3 Å². The molecule has 2 aliphatic rings. The van der Waals surface area contributed by atoms with Gasteiger partial charge in [0.1, 0.15) is 11.4 Å².